The third-order valence-electron chi connectivity index (χ3n) is 2.68. The second kappa shape index (κ2) is 6.50. The number of amides is 2. The van der Waals surface area contributed by atoms with Crippen molar-refractivity contribution in [1.29, 1.82) is 5.26 Å². The van der Waals surface area contributed by atoms with Crippen LogP contribution in [0.15, 0.2) is 24.3 Å². The van der Waals surface area contributed by atoms with E-state index in [-0.39, 0.29) is 12.0 Å². The van der Waals surface area contributed by atoms with Crippen molar-refractivity contribution in [1.82, 2.24) is 5.32 Å². The summed E-state index contributed by atoms with van der Waals surface area (Å²) in [6, 6.07) is 5.88. The Balaban J connectivity index is 2.80. The number of hydrogen-bond acceptors (Lipinski definition) is 3. The van der Waals surface area contributed by atoms with Crippen molar-refractivity contribution in [3.05, 3.63) is 35.6 Å². The lowest BCUT2D eigenvalue weighted by atomic mass is 9.98. The second-order valence-electron chi connectivity index (χ2n) is 4.20. The van der Waals surface area contributed by atoms with Gasteiger partial charge in [-0.15, -0.1) is 0 Å². The van der Waals surface area contributed by atoms with Crippen LogP contribution in [0.25, 0.3) is 0 Å². The zero-order valence-electron chi connectivity index (χ0n) is 10.4. The third kappa shape index (κ3) is 4.07. The van der Waals surface area contributed by atoms with Gasteiger partial charge in [0.1, 0.15) is 11.9 Å². The first-order valence-electron chi connectivity index (χ1n) is 5.68. The van der Waals surface area contributed by atoms with E-state index in [1.807, 2.05) is 6.07 Å². The van der Waals surface area contributed by atoms with Gasteiger partial charge < -0.3 is 11.1 Å². The Bertz CT molecular complexity index is 508. The van der Waals surface area contributed by atoms with Gasteiger partial charge in [0.15, 0.2) is 0 Å². The number of carbonyl (C=O) groups is 2. The molecule has 0 spiro atoms. The molecule has 1 aromatic rings. The number of nitriles is 1. The Hall–Kier alpha value is -2.42. The monoisotopic (exact) mass is 263 g/mol. The van der Waals surface area contributed by atoms with Crippen LogP contribution in [0, 0.1) is 23.1 Å². The number of rotatable bonds is 5. The Kier molecular flexibility index (Phi) is 5.01. The van der Waals surface area contributed by atoms with Crippen molar-refractivity contribution in [3.8, 4) is 6.07 Å². The number of nitrogens with zero attached hydrogens (tertiary/aromatic N) is 1. The van der Waals surface area contributed by atoms with E-state index >= 15 is 0 Å². The first-order valence-corrected chi connectivity index (χ1v) is 5.68. The Morgan fingerprint density at radius 2 is 2.00 bits per heavy atom. The predicted octanol–water partition coefficient (Wildman–Crippen LogP) is 0.959. The summed E-state index contributed by atoms with van der Waals surface area (Å²) in [6.45, 7) is 1.64. The number of hydrogen-bond donors (Lipinski definition) is 2. The van der Waals surface area contributed by atoms with E-state index in [1.54, 1.807) is 6.92 Å². The van der Waals surface area contributed by atoms with Gasteiger partial charge in [-0.05, 0) is 30.2 Å². The SMILES string of the molecule is C[C@H](CC#N)[C@H](NC(=O)c1ccc(F)cc1)C(N)=O. The summed E-state index contributed by atoms with van der Waals surface area (Å²) < 4.78 is 12.7. The van der Waals surface area contributed by atoms with Crippen LogP contribution in [0.4, 0.5) is 4.39 Å². The topological polar surface area (TPSA) is 96.0 Å². The van der Waals surface area contributed by atoms with Crippen molar-refractivity contribution < 1.29 is 14.0 Å². The van der Waals surface area contributed by atoms with E-state index < -0.39 is 29.6 Å². The molecular formula is C13H14FN3O2. The van der Waals surface area contributed by atoms with Gasteiger partial charge in [-0.3, -0.25) is 9.59 Å². The highest BCUT2D eigenvalue weighted by Gasteiger charge is 2.25. The predicted molar refractivity (Wildman–Crippen MR) is 66.2 cm³/mol. The fourth-order valence-corrected chi connectivity index (χ4v) is 1.58. The summed E-state index contributed by atoms with van der Waals surface area (Å²) in [7, 11) is 0. The molecular weight excluding hydrogens is 249 g/mol. The number of carbonyl (C=O) groups excluding carboxylic acids is 2. The fourth-order valence-electron chi connectivity index (χ4n) is 1.58. The van der Waals surface area contributed by atoms with E-state index in [0.717, 1.165) is 12.1 Å². The lowest BCUT2D eigenvalue weighted by Gasteiger charge is -2.20. The molecule has 5 nitrogen and oxygen atoms in total. The van der Waals surface area contributed by atoms with Gasteiger partial charge in [-0.25, -0.2) is 4.39 Å². The maximum absolute atomic E-state index is 12.7. The van der Waals surface area contributed by atoms with Crippen LogP contribution in [0.1, 0.15) is 23.7 Å². The Morgan fingerprint density at radius 1 is 1.42 bits per heavy atom. The standard InChI is InChI=1S/C13H14FN3O2/c1-8(6-7-15)11(12(16)18)17-13(19)9-2-4-10(14)5-3-9/h2-5,8,11H,6H2,1H3,(H2,16,18)(H,17,19)/t8-,11+/m1/s1. The van der Waals surface area contributed by atoms with Crippen molar-refractivity contribution in [3.63, 3.8) is 0 Å². The molecule has 0 aliphatic rings. The highest BCUT2D eigenvalue weighted by atomic mass is 19.1. The maximum Gasteiger partial charge on any atom is 0.251 e. The normalized spacial score (nSPS) is 13.1. The van der Waals surface area contributed by atoms with Crippen molar-refractivity contribution in [2.24, 2.45) is 11.7 Å². The van der Waals surface area contributed by atoms with Gasteiger partial charge in [0.05, 0.1) is 6.07 Å². The number of halogens is 1. The van der Waals surface area contributed by atoms with Crippen LogP contribution in [-0.4, -0.2) is 17.9 Å². The summed E-state index contributed by atoms with van der Waals surface area (Å²) in [6.07, 6.45) is 0.0945. The minimum atomic E-state index is -0.933. The molecule has 0 saturated carbocycles. The summed E-state index contributed by atoms with van der Waals surface area (Å²) >= 11 is 0. The molecule has 0 bridgehead atoms. The second-order valence-corrected chi connectivity index (χ2v) is 4.20. The third-order valence-corrected chi connectivity index (χ3v) is 2.68. The zero-order valence-corrected chi connectivity index (χ0v) is 10.4. The van der Waals surface area contributed by atoms with E-state index in [1.165, 1.54) is 12.1 Å². The zero-order chi connectivity index (χ0) is 14.4. The average Bonchev–Trinajstić information content (AvgIpc) is 2.36. The Morgan fingerprint density at radius 3 is 2.47 bits per heavy atom. The lowest BCUT2D eigenvalue weighted by molar-refractivity contribution is -0.120. The minimum absolute atomic E-state index is 0.0945. The summed E-state index contributed by atoms with van der Waals surface area (Å²) in [5.41, 5.74) is 5.41. The molecule has 0 heterocycles. The molecule has 0 aliphatic carbocycles. The minimum Gasteiger partial charge on any atom is -0.368 e. The van der Waals surface area contributed by atoms with Crippen LogP contribution in [0.5, 0.6) is 0 Å². The number of nitrogens with one attached hydrogen (secondary N) is 1. The lowest BCUT2D eigenvalue weighted by Crippen LogP contribution is -2.48. The molecule has 19 heavy (non-hydrogen) atoms. The van der Waals surface area contributed by atoms with Crippen molar-refractivity contribution in [2.75, 3.05) is 0 Å². The molecule has 100 valence electrons. The van der Waals surface area contributed by atoms with Crippen LogP contribution in [-0.2, 0) is 4.79 Å². The summed E-state index contributed by atoms with van der Waals surface area (Å²) in [5.74, 6) is -2.10. The van der Waals surface area contributed by atoms with Gasteiger partial charge >= 0.3 is 0 Å². The highest BCUT2D eigenvalue weighted by Crippen LogP contribution is 2.09. The van der Waals surface area contributed by atoms with Gasteiger partial charge in [0.2, 0.25) is 5.91 Å². The van der Waals surface area contributed by atoms with Gasteiger partial charge in [0, 0.05) is 12.0 Å². The first kappa shape index (κ1) is 14.6. The molecule has 6 heteroatoms. The molecule has 0 fully saturated rings. The number of nitrogens with two attached hydrogens (primary N) is 1. The average molecular weight is 263 g/mol. The molecule has 0 unspecified atom stereocenters. The van der Waals surface area contributed by atoms with Crippen molar-refractivity contribution in [2.45, 2.75) is 19.4 Å². The van der Waals surface area contributed by atoms with E-state index in [9.17, 15) is 14.0 Å². The van der Waals surface area contributed by atoms with Crippen LogP contribution in [0.3, 0.4) is 0 Å². The van der Waals surface area contributed by atoms with E-state index in [4.69, 9.17) is 11.0 Å². The molecule has 2 atom stereocenters. The molecule has 2 amide bonds. The van der Waals surface area contributed by atoms with Crippen LogP contribution in [0.2, 0.25) is 0 Å². The largest absolute Gasteiger partial charge is 0.368 e. The van der Waals surface area contributed by atoms with Gasteiger partial charge in [-0.2, -0.15) is 5.26 Å². The molecule has 0 aliphatic heterocycles. The highest BCUT2D eigenvalue weighted by molar-refractivity contribution is 5.97. The quantitative estimate of drug-likeness (QED) is 0.828. The Labute approximate surface area is 110 Å². The summed E-state index contributed by atoms with van der Waals surface area (Å²) in [5, 5.41) is 11.0. The molecule has 1 aromatic carbocycles. The fraction of sp³-hybridized carbons (Fsp3) is 0.308. The molecule has 0 radical (unpaired) electrons. The van der Waals surface area contributed by atoms with Crippen molar-refractivity contribution >= 4 is 11.8 Å². The van der Waals surface area contributed by atoms with Crippen LogP contribution >= 0.6 is 0 Å². The van der Waals surface area contributed by atoms with E-state index in [0.29, 0.717) is 0 Å². The maximum atomic E-state index is 12.7. The van der Waals surface area contributed by atoms with Crippen LogP contribution < -0.4 is 11.1 Å². The summed E-state index contributed by atoms with van der Waals surface area (Å²) in [4.78, 5) is 23.1. The molecule has 0 aromatic heterocycles. The van der Waals surface area contributed by atoms with E-state index in [2.05, 4.69) is 5.32 Å². The first-order chi connectivity index (χ1) is 8.95. The van der Waals surface area contributed by atoms with Gasteiger partial charge in [0.25, 0.3) is 5.91 Å². The molecule has 3 N–H and O–H groups in total. The smallest absolute Gasteiger partial charge is 0.251 e. The molecule has 1 rings (SSSR count). The van der Waals surface area contributed by atoms with Gasteiger partial charge in [-0.1, -0.05) is 6.92 Å². The molecule has 0 saturated heterocycles. The number of benzene rings is 1. The number of primary amides is 1.